The molecule has 2 rings (SSSR count). The second kappa shape index (κ2) is 6.91. The fraction of sp³-hybridized carbons (Fsp3) is 0.625. The van der Waals surface area contributed by atoms with Gasteiger partial charge in [-0.15, -0.1) is 0 Å². The molecule has 1 heterocycles. The zero-order valence-electron chi connectivity index (χ0n) is 11.5. The highest BCUT2D eigenvalue weighted by Crippen LogP contribution is 2.22. The summed E-state index contributed by atoms with van der Waals surface area (Å²) >= 11 is 0. The van der Waals surface area contributed by atoms with Gasteiger partial charge < -0.3 is 5.73 Å². The van der Waals surface area contributed by atoms with Crippen molar-refractivity contribution < 1.29 is 0 Å². The molecule has 0 aliphatic carbocycles. The van der Waals surface area contributed by atoms with Gasteiger partial charge in [0.2, 0.25) is 0 Å². The number of benzene rings is 1. The molecule has 100 valence electrons. The molecule has 1 unspecified atom stereocenters. The summed E-state index contributed by atoms with van der Waals surface area (Å²) in [7, 11) is 0. The first kappa shape index (κ1) is 13.6. The summed E-state index contributed by atoms with van der Waals surface area (Å²) in [5, 5.41) is 0. The average Bonchev–Trinajstić information content (AvgIpc) is 2.46. The van der Waals surface area contributed by atoms with Gasteiger partial charge in [0, 0.05) is 12.6 Å². The molecule has 0 spiro atoms. The van der Waals surface area contributed by atoms with Crippen molar-refractivity contribution in [2.24, 2.45) is 11.7 Å². The van der Waals surface area contributed by atoms with Crippen molar-refractivity contribution in [3.8, 4) is 0 Å². The number of hydrogen-bond acceptors (Lipinski definition) is 2. The lowest BCUT2D eigenvalue weighted by Crippen LogP contribution is -2.46. The molecule has 1 fully saturated rings. The maximum atomic E-state index is 5.98. The van der Waals surface area contributed by atoms with Crippen molar-refractivity contribution in [3.63, 3.8) is 0 Å². The van der Waals surface area contributed by atoms with Gasteiger partial charge in [0.25, 0.3) is 0 Å². The minimum Gasteiger partial charge on any atom is -0.329 e. The van der Waals surface area contributed by atoms with Crippen LogP contribution in [0.25, 0.3) is 0 Å². The van der Waals surface area contributed by atoms with Crippen molar-refractivity contribution in [3.05, 3.63) is 35.9 Å². The monoisotopic (exact) mass is 246 g/mol. The van der Waals surface area contributed by atoms with Gasteiger partial charge in [-0.05, 0) is 43.8 Å². The first-order chi connectivity index (χ1) is 8.83. The van der Waals surface area contributed by atoms with E-state index >= 15 is 0 Å². The van der Waals surface area contributed by atoms with Gasteiger partial charge in [0.15, 0.2) is 0 Å². The normalized spacial score (nSPS) is 19.9. The van der Waals surface area contributed by atoms with Gasteiger partial charge in [-0.25, -0.2) is 0 Å². The molecule has 2 N–H and O–H groups in total. The van der Waals surface area contributed by atoms with Crippen LogP contribution in [-0.4, -0.2) is 30.6 Å². The maximum Gasteiger partial charge on any atom is 0.0258 e. The molecular formula is C16H26N2. The molecule has 2 heteroatoms. The van der Waals surface area contributed by atoms with E-state index in [2.05, 4.69) is 42.2 Å². The fourth-order valence-electron chi connectivity index (χ4n) is 2.97. The zero-order chi connectivity index (χ0) is 12.8. The van der Waals surface area contributed by atoms with Gasteiger partial charge in [-0.3, -0.25) is 4.90 Å². The molecule has 0 amide bonds. The molecular weight excluding hydrogens is 220 g/mol. The molecule has 1 atom stereocenters. The highest BCUT2D eigenvalue weighted by Gasteiger charge is 2.23. The number of nitrogens with two attached hydrogens (primary N) is 1. The summed E-state index contributed by atoms with van der Waals surface area (Å²) < 4.78 is 0. The first-order valence-electron chi connectivity index (χ1n) is 7.31. The molecule has 0 aromatic heterocycles. The molecule has 1 aromatic carbocycles. The Kier molecular flexibility index (Phi) is 5.21. The Morgan fingerprint density at radius 3 is 2.44 bits per heavy atom. The van der Waals surface area contributed by atoms with Crippen LogP contribution in [-0.2, 0) is 6.42 Å². The van der Waals surface area contributed by atoms with Gasteiger partial charge in [0.1, 0.15) is 0 Å². The molecule has 1 aliphatic heterocycles. The molecule has 0 saturated carbocycles. The Morgan fingerprint density at radius 2 is 1.89 bits per heavy atom. The minimum absolute atomic E-state index is 0.519. The Balaban J connectivity index is 1.89. The van der Waals surface area contributed by atoms with E-state index in [1.54, 1.807) is 0 Å². The molecule has 1 aliphatic rings. The van der Waals surface area contributed by atoms with Crippen LogP contribution in [0.2, 0.25) is 0 Å². The fourth-order valence-corrected chi connectivity index (χ4v) is 2.97. The molecule has 0 radical (unpaired) electrons. The van der Waals surface area contributed by atoms with Crippen molar-refractivity contribution >= 4 is 0 Å². The largest absolute Gasteiger partial charge is 0.329 e. The summed E-state index contributed by atoms with van der Waals surface area (Å²) in [6, 6.07) is 11.2. The van der Waals surface area contributed by atoms with Gasteiger partial charge >= 0.3 is 0 Å². The van der Waals surface area contributed by atoms with Crippen LogP contribution >= 0.6 is 0 Å². The Hall–Kier alpha value is -0.860. The van der Waals surface area contributed by atoms with Crippen molar-refractivity contribution in [2.75, 3.05) is 19.6 Å². The van der Waals surface area contributed by atoms with Crippen molar-refractivity contribution in [1.82, 2.24) is 4.90 Å². The van der Waals surface area contributed by atoms with Crippen LogP contribution in [0.4, 0.5) is 0 Å². The summed E-state index contributed by atoms with van der Waals surface area (Å²) in [5.41, 5.74) is 7.38. The predicted molar refractivity (Wildman–Crippen MR) is 77.6 cm³/mol. The van der Waals surface area contributed by atoms with Gasteiger partial charge in [-0.1, -0.05) is 43.7 Å². The third-order valence-corrected chi connectivity index (χ3v) is 4.33. The number of hydrogen-bond donors (Lipinski definition) is 1. The molecule has 2 nitrogen and oxygen atoms in total. The van der Waals surface area contributed by atoms with E-state index in [-0.39, 0.29) is 0 Å². The Bertz CT molecular complexity index is 328. The molecule has 0 bridgehead atoms. The predicted octanol–water partition coefficient (Wildman–Crippen LogP) is 2.68. The number of nitrogens with zero attached hydrogens (tertiary/aromatic N) is 1. The minimum atomic E-state index is 0.519. The summed E-state index contributed by atoms with van der Waals surface area (Å²) in [6.45, 7) is 5.54. The van der Waals surface area contributed by atoms with E-state index in [9.17, 15) is 0 Å². The van der Waals surface area contributed by atoms with Crippen LogP contribution in [0.3, 0.4) is 0 Å². The second-order valence-corrected chi connectivity index (χ2v) is 5.47. The van der Waals surface area contributed by atoms with Crippen LogP contribution in [0.15, 0.2) is 30.3 Å². The smallest absolute Gasteiger partial charge is 0.0258 e. The van der Waals surface area contributed by atoms with Gasteiger partial charge in [-0.2, -0.15) is 0 Å². The van der Waals surface area contributed by atoms with Crippen molar-refractivity contribution in [2.45, 2.75) is 38.6 Å². The van der Waals surface area contributed by atoms with E-state index in [0.717, 1.165) is 18.9 Å². The number of piperidine rings is 1. The molecule has 1 saturated heterocycles. The Labute approximate surface area is 111 Å². The van der Waals surface area contributed by atoms with E-state index in [0.29, 0.717) is 6.04 Å². The lowest BCUT2D eigenvalue weighted by atomic mass is 9.92. The van der Waals surface area contributed by atoms with E-state index < -0.39 is 0 Å². The maximum absolute atomic E-state index is 5.98. The standard InChI is InChI=1S/C16H26N2/c1-2-14-8-10-18(11-9-14)16(13-17)12-15-6-4-3-5-7-15/h3-7,14,16H,2,8-13,17H2,1H3. The molecule has 18 heavy (non-hydrogen) atoms. The summed E-state index contributed by atoms with van der Waals surface area (Å²) in [4.78, 5) is 2.60. The van der Waals surface area contributed by atoms with Crippen LogP contribution in [0.5, 0.6) is 0 Å². The quantitative estimate of drug-likeness (QED) is 0.865. The SMILES string of the molecule is CCC1CCN(C(CN)Cc2ccccc2)CC1. The van der Waals surface area contributed by atoms with Crippen LogP contribution < -0.4 is 5.73 Å². The number of likely N-dealkylation sites (tertiary alicyclic amines) is 1. The summed E-state index contributed by atoms with van der Waals surface area (Å²) in [5.74, 6) is 0.941. The van der Waals surface area contributed by atoms with E-state index in [1.165, 1.54) is 37.9 Å². The lowest BCUT2D eigenvalue weighted by molar-refractivity contribution is 0.133. The van der Waals surface area contributed by atoms with Gasteiger partial charge in [0.05, 0.1) is 0 Å². The lowest BCUT2D eigenvalue weighted by Gasteiger charge is -2.37. The first-order valence-corrected chi connectivity index (χ1v) is 7.31. The highest BCUT2D eigenvalue weighted by molar-refractivity contribution is 5.16. The zero-order valence-corrected chi connectivity index (χ0v) is 11.5. The summed E-state index contributed by atoms with van der Waals surface area (Å²) in [6.07, 6.45) is 5.12. The van der Waals surface area contributed by atoms with E-state index in [1.807, 2.05) is 0 Å². The third-order valence-electron chi connectivity index (χ3n) is 4.33. The average molecular weight is 246 g/mol. The topological polar surface area (TPSA) is 29.3 Å². The highest BCUT2D eigenvalue weighted by atomic mass is 15.2. The van der Waals surface area contributed by atoms with Crippen LogP contribution in [0, 0.1) is 5.92 Å². The third kappa shape index (κ3) is 3.56. The molecule has 1 aromatic rings. The van der Waals surface area contributed by atoms with Crippen molar-refractivity contribution in [1.29, 1.82) is 0 Å². The van der Waals surface area contributed by atoms with Crippen LogP contribution in [0.1, 0.15) is 31.7 Å². The number of rotatable bonds is 5. The second-order valence-electron chi connectivity index (χ2n) is 5.47. The Morgan fingerprint density at radius 1 is 1.22 bits per heavy atom. The van der Waals surface area contributed by atoms with E-state index in [4.69, 9.17) is 5.73 Å².